The summed E-state index contributed by atoms with van der Waals surface area (Å²) in [6.07, 6.45) is 2.39. The fourth-order valence-electron chi connectivity index (χ4n) is 0.904. The lowest BCUT2D eigenvalue weighted by atomic mass is 10.1. The van der Waals surface area contributed by atoms with E-state index in [1.807, 2.05) is 0 Å². The number of hydrogen-bond acceptors (Lipinski definition) is 2. The Morgan fingerprint density at radius 1 is 1.07 bits per heavy atom. The summed E-state index contributed by atoms with van der Waals surface area (Å²) in [7, 11) is 0. The lowest BCUT2D eigenvalue weighted by Gasteiger charge is -1.94. The summed E-state index contributed by atoms with van der Waals surface area (Å²) in [5.41, 5.74) is 0.829. The van der Waals surface area contributed by atoms with Gasteiger partial charge in [-0.05, 0) is 23.8 Å². The second kappa shape index (κ2) is 4.23. The van der Waals surface area contributed by atoms with Crippen molar-refractivity contribution in [3.05, 3.63) is 41.5 Å². The summed E-state index contributed by atoms with van der Waals surface area (Å²) < 4.78 is 0. The molecule has 0 atom stereocenters. The van der Waals surface area contributed by atoms with Crippen LogP contribution in [0, 0.1) is 0 Å². The first-order chi connectivity index (χ1) is 6.59. The van der Waals surface area contributed by atoms with Gasteiger partial charge in [0.05, 0.1) is 5.56 Å². The van der Waals surface area contributed by atoms with Gasteiger partial charge in [0.15, 0.2) is 0 Å². The van der Waals surface area contributed by atoms with Gasteiger partial charge in [0.2, 0.25) is 0 Å². The van der Waals surface area contributed by atoms with E-state index in [0.29, 0.717) is 5.56 Å². The summed E-state index contributed by atoms with van der Waals surface area (Å²) in [5.74, 6) is -2.04. The van der Waals surface area contributed by atoms with Gasteiger partial charge in [0.25, 0.3) is 0 Å². The number of hydrogen-bond donors (Lipinski definition) is 2. The minimum absolute atomic E-state index is 0.178. The van der Waals surface area contributed by atoms with Crippen molar-refractivity contribution in [2.45, 2.75) is 0 Å². The second-order valence-electron chi connectivity index (χ2n) is 2.60. The maximum atomic E-state index is 10.5. The smallest absolute Gasteiger partial charge is 0.335 e. The van der Waals surface area contributed by atoms with E-state index in [1.165, 1.54) is 18.2 Å². The number of carboxylic acid groups (broad SMARTS) is 2. The van der Waals surface area contributed by atoms with Gasteiger partial charge >= 0.3 is 11.9 Å². The zero-order chi connectivity index (χ0) is 10.6. The van der Waals surface area contributed by atoms with Crippen LogP contribution in [-0.4, -0.2) is 22.2 Å². The molecular formula is C10H8O4. The predicted octanol–water partition coefficient (Wildman–Crippen LogP) is 1.48. The molecule has 1 rings (SSSR count). The number of aromatic carboxylic acids is 1. The lowest BCUT2D eigenvalue weighted by Crippen LogP contribution is -1.94. The number of aliphatic carboxylic acids is 1. The fourth-order valence-corrected chi connectivity index (χ4v) is 0.904. The highest BCUT2D eigenvalue weighted by atomic mass is 16.4. The molecule has 0 aliphatic rings. The molecule has 0 unspecified atom stereocenters. The molecule has 0 saturated heterocycles. The van der Waals surface area contributed by atoms with Crippen molar-refractivity contribution in [1.29, 1.82) is 0 Å². The third kappa shape index (κ3) is 2.75. The van der Waals surface area contributed by atoms with Crippen molar-refractivity contribution in [3.8, 4) is 0 Å². The molecule has 14 heavy (non-hydrogen) atoms. The topological polar surface area (TPSA) is 74.6 Å². The Morgan fingerprint density at radius 3 is 2.07 bits per heavy atom. The molecule has 72 valence electrons. The highest BCUT2D eigenvalue weighted by Crippen LogP contribution is 2.05. The van der Waals surface area contributed by atoms with Crippen LogP contribution < -0.4 is 0 Å². The van der Waals surface area contributed by atoms with Crippen LogP contribution in [0.3, 0.4) is 0 Å². The molecule has 0 aliphatic carbocycles. The number of carbonyl (C=O) groups is 2. The molecule has 4 nitrogen and oxygen atoms in total. The molecule has 4 heteroatoms. The highest BCUT2D eigenvalue weighted by Gasteiger charge is 1.99. The molecule has 1 aromatic rings. The number of carboxylic acids is 2. The second-order valence-corrected chi connectivity index (χ2v) is 2.60. The first-order valence-electron chi connectivity index (χ1n) is 3.84. The molecule has 0 bridgehead atoms. The van der Waals surface area contributed by atoms with Gasteiger partial charge in [-0.25, -0.2) is 9.59 Å². The van der Waals surface area contributed by atoms with E-state index in [-0.39, 0.29) is 5.56 Å². The minimum Gasteiger partial charge on any atom is -0.478 e. The highest BCUT2D eigenvalue weighted by molar-refractivity contribution is 5.88. The summed E-state index contributed by atoms with van der Waals surface area (Å²) in [6, 6.07) is 5.93. The average Bonchev–Trinajstić information content (AvgIpc) is 2.15. The van der Waals surface area contributed by atoms with Gasteiger partial charge in [-0.15, -0.1) is 0 Å². The van der Waals surface area contributed by atoms with Crippen LogP contribution in [0.15, 0.2) is 30.3 Å². The van der Waals surface area contributed by atoms with Gasteiger partial charge in [-0.3, -0.25) is 0 Å². The van der Waals surface area contributed by atoms with Crippen LogP contribution in [0.1, 0.15) is 15.9 Å². The third-order valence-electron chi connectivity index (χ3n) is 1.58. The summed E-state index contributed by atoms with van der Waals surface area (Å²) in [6.45, 7) is 0. The molecule has 0 radical (unpaired) electrons. The monoisotopic (exact) mass is 192 g/mol. The molecule has 0 fully saturated rings. The van der Waals surface area contributed by atoms with E-state index in [2.05, 4.69) is 0 Å². The van der Waals surface area contributed by atoms with Gasteiger partial charge in [0, 0.05) is 6.08 Å². The molecule has 0 saturated carbocycles. The van der Waals surface area contributed by atoms with Crippen molar-refractivity contribution in [2.75, 3.05) is 0 Å². The Labute approximate surface area is 80.1 Å². The lowest BCUT2D eigenvalue weighted by molar-refractivity contribution is -0.131. The van der Waals surface area contributed by atoms with Gasteiger partial charge < -0.3 is 10.2 Å². The van der Waals surface area contributed by atoms with Gasteiger partial charge in [-0.1, -0.05) is 12.1 Å². The van der Waals surface area contributed by atoms with Crippen LogP contribution in [0.2, 0.25) is 0 Å². The van der Waals surface area contributed by atoms with E-state index in [0.717, 1.165) is 6.08 Å². The molecule has 0 amide bonds. The van der Waals surface area contributed by atoms with Crippen molar-refractivity contribution in [1.82, 2.24) is 0 Å². The van der Waals surface area contributed by atoms with E-state index in [1.54, 1.807) is 12.1 Å². The van der Waals surface area contributed by atoms with E-state index in [4.69, 9.17) is 10.2 Å². The molecule has 2 N–H and O–H groups in total. The standard InChI is InChI=1S/C10H8O4/c11-9(12)6-3-7-1-4-8(5-2-7)10(13)14/h1-6H,(H,11,12)(H,13,14)/b6-3-. The van der Waals surface area contributed by atoms with E-state index < -0.39 is 11.9 Å². The zero-order valence-electron chi connectivity index (χ0n) is 7.18. The molecule has 0 spiro atoms. The van der Waals surface area contributed by atoms with Crippen molar-refractivity contribution >= 4 is 18.0 Å². The number of benzene rings is 1. The maximum absolute atomic E-state index is 10.5. The van der Waals surface area contributed by atoms with E-state index in [9.17, 15) is 9.59 Å². The molecule has 0 heterocycles. The average molecular weight is 192 g/mol. The normalized spacial score (nSPS) is 10.3. The Balaban J connectivity index is 2.83. The molecular weight excluding hydrogens is 184 g/mol. The van der Waals surface area contributed by atoms with Crippen molar-refractivity contribution in [2.24, 2.45) is 0 Å². The summed E-state index contributed by atoms with van der Waals surface area (Å²) in [5, 5.41) is 16.9. The molecule has 1 aromatic carbocycles. The first-order valence-corrected chi connectivity index (χ1v) is 3.84. The van der Waals surface area contributed by atoms with Crippen molar-refractivity contribution in [3.63, 3.8) is 0 Å². The Bertz CT molecular complexity index is 376. The molecule has 0 aromatic heterocycles. The Morgan fingerprint density at radius 2 is 1.64 bits per heavy atom. The van der Waals surface area contributed by atoms with Gasteiger partial charge in [-0.2, -0.15) is 0 Å². The van der Waals surface area contributed by atoms with E-state index >= 15 is 0 Å². The quantitative estimate of drug-likeness (QED) is 0.711. The molecule has 0 aliphatic heterocycles. The maximum Gasteiger partial charge on any atom is 0.335 e. The largest absolute Gasteiger partial charge is 0.478 e. The zero-order valence-corrected chi connectivity index (χ0v) is 7.18. The van der Waals surface area contributed by atoms with Crippen LogP contribution >= 0.6 is 0 Å². The SMILES string of the molecule is O=C(O)/C=C\c1ccc(C(=O)O)cc1. The van der Waals surface area contributed by atoms with Gasteiger partial charge in [0.1, 0.15) is 0 Å². The third-order valence-corrected chi connectivity index (χ3v) is 1.58. The minimum atomic E-state index is -1.03. The fraction of sp³-hybridized carbons (Fsp3) is 0. The Kier molecular flexibility index (Phi) is 3.01. The predicted molar refractivity (Wildman–Crippen MR) is 50.1 cm³/mol. The Hall–Kier alpha value is -2.10. The van der Waals surface area contributed by atoms with Crippen molar-refractivity contribution < 1.29 is 19.8 Å². The van der Waals surface area contributed by atoms with Crippen LogP contribution in [0.5, 0.6) is 0 Å². The first kappa shape index (κ1) is 9.98. The van der Waals surface area contributed by atoms with Crippen LogP contribution in [0.4, 0.5) is 0 Å². The van der Waals surface area contributed by atoms with Crippen LogP contribution in [0.25, 0.3) is 6.08 Å². The summed E-state index contributed by atoms with van der Waals surface area (Å²) >= 11 is 0. The summed E-state index contributed by atoms with van der Waals surface area (Å²) in [4.78, 5) is 20.6. The number of rotatable bonds is 3. The van der Waals surface area contributed by atoms with Crippen LogP contribution in [-0.2, 0) is 4.79 Å².